The van der Waals surface area contributed by atoms with Crippen LogP contribution in [0.25, 0.3) is 0 Å². The molecule has 0 aliphatic carbocycles. The smallest absolute Gasteiger partial charge is 0.231 e. The van der Waals surface area contributed by atoms with Crippen molar-refractivity contribution in [2.75, 3.05) is 30.8 Å². The lowest BCUT2D eigenvalue weighted by molar-refractivity contribution is 0.254. The molecule has 1 aromatic rings. The molecule has 2 saturated heterocycles. The van der Waals surface area contributed by atoms with Gasteiger partial charge in [0.05, 0.1) is 0 Å². The van der Waals surface area contributed by atoms with Gasteiger partial charge < -0.3 is 10.6 Å². The van der Waals surface area contributed by atoms with Crippen LogP contribution in [-0.4, -0.2) is 52.1 Å². The van der Waals surface area contributed by atoms with Crippen molar-refractivity contribution in [3.8, 4) is 0 Å². The summed E-state index contributed by atoms with van der Waals surface area (Å²) in [6.45, 7) is 1.89. The minimum absolute atomic E-state index is 0.167. The van der Waals surface area contributed by atoms with E-state index in [1.807, 2.05) is 0 Å². The van der Waals surface area contributed by atoms with Crippen molar-refractivity contribution in [1.82, 2.24) is 19.9 Å². The van der Waals surface area contributed by atoms with Crippen LogP contribution in [0.2, 0.25) is 5.28 Å². The fourth-order valence-electron chi connectivity index (χ4n) is 2.99. The summed E-state index contributed by atoms with van der Waals surface area (Å²) < 4.78 is 0. The second-order valence-electron chi connectivity index (χ2n) is 5.05. The molecule has 2 aliphatic rings. The van der Waals surface area contributed by atoms with Gasteiger partial charge in [0, 0.05) is 25.2 Å². The summed E-state index contributed by atoms with van der Waals surface area (Å²) in [5.41, 5.74) is 5.62. The Morgan fingerprint density at radius 1 is 1.17 bits per heavy atom. The van der Waals surface area contributed by atoms with Crippen LogP contribution in [0.1, 0.15) is 19.3 Å². The standard InChI is InChI=1S/C11H17ClN6/c1-17-7-2-3-8(17)6-18(5-4-7)11-15-9(12)14-10(13)16-11/h7-8H,2-6H2,1H3,(H2,13,14,15,16). The van der Waals surface area contributed by atoms with Crippen molar-refractivity contribution >= 4 is 23.5 Å². The summed E-state index contributed by atoms with van der Waals surface area (Å²) in [5.74, 6) is 0.793. The molecular formula is C11H17ClN6. The SMILES string of the molecule is CN1C2CCC1CN(c1nc(N)nc(Cl)n1)CC2. The Morgan fingerprint density at radius 3 is 2.72 bits per heavy atom. The van der Waals surface area contributed by atoms with E-state index in [0.717, 1.165) is 19.5 Å². The number of halogens is 1. The molecule has 18 heavy (non-hydrogen) atoms. The lowest BCUT2D eigenvalue weighted by atomic mass is 10.1. The third kappa shape index (κ3) is 2.10. The molecular weight excluding hydrogens is 252 g/mol. The summed E-state index contributed by atoms with van der Waals surface area (Å²) in [6.07, 6.45) is 3.68. The fourth-order valence-corrected chi connectivity index (χ4v) is 3.15. The quantitative estimate of drug-likeness (QED) is 0.812. The highest BCUT2D eigenvalue weighted by molar-refractivity contribution is 6.28. The molecule has 6 nitrogen and oxygen atoms in total. The van der Waals surface area contributed by atoms with Crippen molar-refractivity contribution in [3.05, 3.63) is 5.28 Å². The molecule has 0 amide bonds. The summed E-state index contributed by atoms with van der Waals surface area (Å²) in [4.78, 5) is 16.8. The minimum atomic E-state index is 0.167. The summed E-state index contributed by atoms with van der Waals surface area (Å²) in [5, 5.41) is 0.167. The maximum absolute atomic E-state index is 5.84. The summed E-state index contributed by atoms with van der Waals surface area (Å²) >= 11 is 5.84. The number of likely N-dealkylation sites (N-methyl/N-ethyl adjacent to an activating group) is 1. The number of nitrogens with two attached hydrogens (primary N) is 1. The molecule has 2 N–H and O–H groups in total. The van der Waals surface area contributed by atoms with Gasteiger partial charge in [-0.2, -0.15) is 15.0 Å². The number of nitrogen functional groups attached to an aromatic ring is 1. The van der Waals surface area contributed by atoms with E-state index in [2.05, 4.69) is 31.8 Å². The molecule has 0 saturated carbocycles. The molecule has 0 radical (unpaired) electrons. The molecule has 0 spiro atoms. The highest BCUT2D eigenvalue weighted by Gasteiger charge is 2.35. The Morgan fingerprint density at radius 2 is 1.94 bits per heavy atom. The van der Waals surface area contributed by atoms with Crippen LogP contribution in [0, 0.1) is 0 Å². The number of rotatable bonds is 1. The highest BCUT2D eigenvalue weighted by Crippen LogP contribution is 2.29. The first kappa shape index (κ1) is 11.9. The van der Waals surface area contributed by atoms with Crippen LogP contribution in [0.5, 0.6) is 0 Å². The van der Waals surface area contributed by atoms with Gasteiger partial charge in [-0.1, -0.05) is 0 Å². The van der Waals surface area contributed by atoms with Gasteiger partial charge in [-0.25, -0.2) is 0 Å². The number of aromatic nitrogens is 3. The largest absolute Gasteiger partial charge is 0.368 e. The molecule has 0 aromatic carbocycles. The first-order valence-corrected chi connectivity index (χ1v) is 6.65. The zero-order valence-electron chi connectivity index (χ0n) is 10.4. The fraction of sp³-hybridized carbons (Fsp3) is 0.727. The molecule has 3 heterocycles. The second-order valence-corrected chi connectivity index (χ2v) is 5.39. The highest BCUT2D eigenvalue weighted by atomic mass is 35.5. The summed E-state index contributed by atoms with van der Waals surface area (Å²) in [6, 6.07) is 1.27. The van der Waals surface area contributed by atoms with E-state index in [1.165, 1.54) is 12.8 Å². The van der Waals surface area contributed by atoms with Gasteiger partial charge in [0.2, 0.25) is 17.2 Å². The Kier molecular flexibility index (Phi) is 2.99. The third-order valence-corrected chi connectivity index (χ3v) is 4.21. The maximum Gasteiger partial charge on any atom is 0.231 e. The van der Waals surface area contributed by atoms with Crippen LogP contribution in [-0.2, 0) is 0 Å². The van der Waals surface area contributed by atoms with Crippen LogP contribution in [0.15, 0.2) is 0 Å². The Balaban J connectivity index is 1.84. The van der Waals surface area contributed by atoms with Crippen LogP contribution in [0.4, 0.5) is 11.9 Å². The number of hydrogen-bond donors (Lipinski definition) is 1. The Bertz CT molecular complexity index is 433. The van der Waals surface area contributed by atoms with Crippen LogP contribution >= 0.6 is 11.6 Å². The van der Waals surface area contributed by atoms with E-state index >= 15 is 0 Å². The van der Waals surface area contributed by atoms with E-state index in [9.17, 15) is 0 Å². The molecule has 2 fully saturated rings. The van der Waals surface area contributed by atoms with Gasteiger partial charge in [0.25, 0.3) is 0 Å². The zero-order chi connectivity index (χ0) is 12.7. The van der Waals surface area contributed by atoms with E-state index in [0.29, 0.717) is 18.0 Å². The zero-order valence-corrected chi connectivity index (χ0v) is 11.1. The molecule has 3 rings (SSSR count). The predicted molar refractivity (Wildman–Crippen MR) is 70.7 cm³/mol. The topological polar surface area (TPSA) is 71.2 Å². The lowest BCUT2D eigenvalue weighted by Gasteiger charge is -2.25. The van der Waals surface area contributed by atoms with E-state index in [-0.39, 0.29) is 11.2 Å². The molecule has 98 valence electrons. The van der Waals surface area contributed by atoms with Crippen LogP contribution in [0.3, 0.4) is 0 Å². The van der Waals surface area contributed by atoms with Gasteiger partial charge in [-0.05, 0) is 37.9 Å². The number of hydrogen-bond acceptors (Lipinski definition) is 6. The van der Waals surface area contributed by atoms with Gasteiger partial charge >= 0.3 is 0 Å². The molecule has 2 atom stereocenters. The van der Waals surface area contributed by atoms with E-state index < -0.39 is 0 Å². The average Bonchev–Trinajstić information content (AvgIpc) is 2.51. The van der Waals surface area contributed by atoms with E-state index in [1.54, 1.807) is 0 Å². The average molecular weight is 269 g/mol. The van der Waals surface area contributed by atoms with Gasteiger partial charge in [0.1, 0.15) is 0 Å². The monoisotopic (exact) mass is 268 g/mol. The van der Waals surface area contributed by atoms with Crippen molar-refractivity contribution < 1.29 is 0 Å². The van der Waals surface area contributed by atoms with Crippen LogP contribution < -0.4 is 10.6 Å². The Labute approximate surface area is 111 Å². The first-order valence-electron chi connectivity index (χ1n) is 6.27. The predicted octanol–water partition coefficient (Wildman–Crippen LogP) is 0.780. The normalized spacial score (nSPS) is 28.4. The molecule has 7 heteroatoms. The van der Waals surface area contributed by atoms with Gasteiger partial charge in [0.15, 0.2) is 0 Å². The van der Waals surface area contributed by atoms with Gasteiger partial charge in [-0.3, -0.25) is 4.90 Å². The number of nitrogens with zero attached hydrogens (tertiary/aromatic N) is 5. The van der Waals surface area contributed by atoms with Crippen molar-refractivity contribution in [2.45, 2.75) is 31.3 Å². The second kappa shape index (κ2) is 4.51. The first-order chi connectivity index (χ1) is 8.63. The van der Waals surface area contributed by atoms with E-state index in [4.69, 9.17) is 17.3 Å². The molecule has 2 aliphatic heterocycles. The third-order valence-electron chi connectivity index (χ3n) is 4.04. The Hall–Kier alpha value is -1.14. The van der Waals surface area contributed by atoms with Crippen molar-refractivity contribution in [3.63, 3.8) is 0 Å². The maximum atomic E-state index is 5.84. The van der Waals surface area contributed by atoms with Gasteiger partial charge in [-0.15, -0.1) is 0 Å². The van der Waals surface area contributed by atoms with Crippen molar-refractivity contribution in [1.29, 1.82) is 0 Å². The minimum Gasteiger partial charge on any atom is -0.368 e. The molecule has 2 unspecified atom stereocenters. The lowest BCUT2D eigenvalue weighted by Crippen LogP contribution is -2.37. The van der Waals surface area contributed by atoms with Crippen molar-refractivity contribution in [2.24, 2.45) is 0 Å². The number of anilines is 2. The molecule has 2 bridgehead atoms. The number of fused-ring (bicyclic) bond motifs is 2. The molecule has 1 aromatic heterocycles. The summed E-state index contributed by atoms with van der Waals surface area (Å²) in [7, 11) is 2.21.